The Morgan fingerprint density at radius 2 is 0.551 bits per heavy atom. The first kappa shape index (κ1) is 93.7. The summed E-state index contributed by atoms with van der Waals surface area (Å²) in [6, 6.07) is 0. The van der Waals surface area contributed by atoms with E-state index >= 15 is 0 Å². The van der Waals surface area contributed by atoms with Crippen LogP contribution in [0.1, 0.15) is 310 Å². The highest BCUT2D eigenvalue weighted by molar-refractivity contribution is 7.47. The third-order valence-electron chi connectivity index (χ3n) is 15.7. The molecule has 0 amide bonds. The molecule has 0 aromatic rings. The van der Waals surface area contributed by atoms with Crippen LogP contribution in [0.3, 0.4) is 0 Å². The number of unbranched alkanes of at least 4 members (excludes halogenated alkanes) is 27. The van der Waals surface area contributed by atoms with Crippen LogP contribution in [0.5, 0.6) is 0 Å². The van der Waals surface area contributed by atoms with Gasteiger partial charge < -0.3 is 33.8 Å². The van der Waals surface area contributed by atoms with Gasteiger partial charge in [0, 0.05) is 25.7 Å². The fourth-order valence-corrected chi connectivity index (χ4v) is 11.4. The molecule has 0 spiro atoms. The highest BCUT2D eigenvalue weighted by Crippen LogP contribution is 2.45. The van der Waals surface area contributed by atoms with Crippen molar-refractivity contribution in [2.45, 2.75) is 329 Å². The van der Waals surface area contributed by atoms with Crippen LogP contribution in [0.4, 0.5) is 0 Å². The summed E-state index contributed by atoms with van der Waals surface area (Å²) in [4.78, 5) is 72.8. The minimum absolute atomic E-state index is 0.0758. The Hall–Kier alpha value is -4.28. The van der Waals surface area contributed by atoms with Crippen molar-refractivity contribution < 1.29 is 80.2 Å². The van der Waals surface area contributed by atoms with Gasteiger partial charge in [-0.25, -0.2) is 9.13 Å². The van der Waals surface area contributed by atoms with E-state index in [1.54, 1.807) is 0 Å². The van der Waals surface area contributed by atoms with Crippen LogP contribution in [0.15, 0.2) is 109 Å². The topological polar surface area (TPSA) is 237 Å². The largest absolute Gasteiger partial charge is 0.472 e. The number of carbonyl (C=O) groups excluding carboxylic acids is 4. The summed E-state index contributed by atoms with van der Waals surface area (Å²) in [6.45, 7) is 4.60. The lowest BCUT2D eigenvalue weighted by atomic mass is 10.1. The molecule has 5 unspecified atom stereocenters. The summed E-state index contributed by atoms with van der Waals surface area (Å²) < 4.78 is 68.4. The summed E-state index contributed by atoms with van der Waals surface area (Å²) in [7, 11) is -9.96. The number of aliphatic hydroxyl groups excluding tert-OH is 1. The zero-order chi connectivity index (χ0) is 71.8. The number of allylic oxidation sites excluding steroid dienone is 18. The lowest BCUT2D eigenvalue weighted by Crippen LogP contribution is -2.30. The van der Waals surface area contributed by atoms with Gasteiger partial charge in [0.1, 0.15) is 19.3 Å². The summed E-state index contributed by atoms with van der Waals surface area (Å²) in [5.41, 5.74) is 0. The predicted octanol–water partition coefficient (Wildman–Crippen LogP) is 21.8. The Morgan fingerprint density at radius 1 is 0.296 bits per heavy atom. The molecule has 0 saturated heterocycles. The lowest BCUT2D eigenvalue weighted by molar-refractivity contribution is -0.161. The summed E-state index contributed by atoms with van der Waals surface area (Å²) in [5.74, 6) is -2.24. The molecule has 0 heterocycles. The molecule has 17 nitrogen and oxygen atoms in total. The van der Waals surface area contributed by atoms with Crippen LogP contribution in [0.25, 0.3) is 0 Å². The molecule has 98 heavy (non-hydrogen) atoms. The van der Waals surface area contributed by atoms with Crippen molar-refractivity contribution in [3.63, 3.8) is 0 Å². The number of esters is 4. The fraction of sp³-hybridized carbons (Fsp3) is 0.722. The van der Waals surface area contributed by atoms with Gasteiger partial charge in [-0.3, -0.25) is 37.3 Å². The number of carbonyl (C=O) groups is 4. The van der Waals surface area contributed by atoms with Gasteiger partial charge in [0.2, 0.25) is 0 Å². The van der Waals surface area contributed by atoms with Gasteiger partial charge in [0.25, 0.3) is 0 Å². The Balaban J connectivity index is 5.37. The smallest absolute Gasteiger partial charge is 0.462 e. The number of hydrogen-bond donors (Lipinski definition) is 3. The molecule has 0 bridgehead atoms. The number of ether oxygens (including phenoxy) is 4. The maximum absolute atomic E-state index is 13.1. The monoisotopic (exact) mass is 1420 g/mol. The lowest BCUT2D eigenvalue weighted by Gasteiger charge is -2.21. The van der Waals surface area contributed by atoms with E-state index in [-0.39, 0.29) is 25.7 Å². The van der Waals surface area contributed by atoms with Crippen molar-refractivity contribution in [3.05, 3.63) is 109 Å². The first-order valence-electron chi connectivity index (χ1n) is 38.1. The molecular formula is C79H136O17P2. The molecule has 0 fully saturated rings. The van der Waals surface area contributed by atoms with E-state index in [4.69, 9.17) is 37.0 Å². The van der Waals surface area contributed by atoms with Gasteiger partial charge in [-0.05, 0) is 148 Å². The van der Waals surface area contributed by atoms with Crippen LogP contribution in [-0.4, -0.2) is 96.7 Å². The van der Waals surface area contributed by atoms with Crippen molar-refractivity contribution in [3.8, 4) is 0 Å². The van der Waals surface area contributed by atoms with E-state index in [2.05, 4.69) is 137 Å². The number of phosphoric ester groups is 2. The number of phosphoric acid groups is 2. The number of rotatable bonds is 71. The van der Waals surface area contributed by atoms with Crippen molar-refractivity contribution in [2.24, 2.45) is 0 Å². The van der Waals surface area contributed by atoms with E-state index in [1.807, 2.05) is 0 Å². The van der Waals surface area contributed by atoms with E-state index < -0.39 is 97.5 Å². The third-order valence-corrected chi connectivity index (χ3v) is 17.6. The zero-order valence-corrected chi connectivity index (χ0v) is 63.2. The molecule has 3 N–H and O–H groups in total. The molecule has 0 aliphatic rings. The van der Waals surface area contributed by atoms with Gasteiger partial charge in [-0.1, -0.05) is 246 Å². The average Bonchev–Trinajstić information content (AvgIpc) is 0.966. The van der Waals surface area contributed by atoms with E-state index in [0.717, 1.165) is 180 Å². The number of aliphatic hydroxyl groups is 1. The van der Waals surface area contributed by atoms with Gasteiger partial charge in [0.05, 0.1) is 26.4 Å². The van der Waals surface area contributed by atoms with Crippen molar-refractivity contribution >= 4 is 39.5 Å². The molecule has 0 aliphatic carbocycles. The van der Waals surface area contributed by atoms with Crippen LogP contribution >= 0.6 is 15.6 Å². The molecule has 0 radical (unpaired) electrons. The highest BCUT2D eigenvalue weighted by atomic mass is 31.2. The highest BCUT2D eigenvalue weighted by Gasteiger charge is 2.30. The second kappa shape index (κ2) is 71.1. The molecule has 0 saturated carbocycles. The van der Waals surface area contributed by atoms with Crippen molar-refractivity contribution in [2.75, 3.05) is 39.6 Å². The van der Waals surface area contributed by atoms with Gasteiger partial charge in [0.15, 0.2) is 12.2 Å². The predicted molar refractivity (Wildman–Crippen MR) is 399 cm³/mol. The maximum atomic E-state index is 13.1. The molecular weight excluding hydrogens is 1280 g/mol. The Kier molecular flexibility index (Phi) is 68.0. The van der Waals surface area contributed by atoms with E-state index in [1.165, 1.54) is 51.4 Å². The quantitative estimate of drug-likeness (QED) is 0.0169. The molecule has 0 aromatic carbocycles. The van der Waals surface area contributed by atoms with Crippen LogP contribution < -0.4 is 0 Å². The third kappa shape index (κ3) is 70.2. The normalized spacial score (nSPS) is 14.6. The summed E-state index contributed by atoms with van der Waals surface area (Å²) in [6.07, 6.45) is 75.1. The van der Waals surface area contributed by atoms with Crippen LogP contribution in [-0.2, 0) is 65.4 Å². The standard InChI is InChI=1S/C79H136O17P2/c1-5-9-13-17-21-25-29-33-34-35-36-37-38-42-44-48-52-56-60-64-77(82)90-70-75(96-79(84)66-62-58-54-50-46-41-32-28-24-20-16-12-8-4)72-94-98(87,88)92-68-73(80)67-91-97(85,86)93-71-74(95-78(83)65-61-57-53-49-45-40-31-27-23-19-15-11-7-3)69-89-76(81)63-59-55-51-47-43-39-30-26-22-18-14-10-6-2/h9,13-14,18,21,25-28,30-34,36-37,42,44,73-75,80H,5-8,10-12,15-17,19-20,22-24,29,35,38-41,43,45-72H2,1-4H3,(H,85,86)(H,87,88)/b13-9-,18-14-,25-21-,30-26-,31-27-,32-28-,34-33-,37-36-,44-42-. The molecule has 5 atom stereocenters. The van der Waals surface area contributed by atoms with E-state index in [9.17, 15) is 43.2 Å². The summed E-state index contributed by atoms with van der Waals surface area (Å²) >= 11 is 0. The zero-order valence-electron chi connectivity index (χ0n) is 61.4. The Bertz CT molecular complexity index is 2290. The molecule has 0 aromatic heterocycles. The SMILES string of the molecule is CC/C=C\C/C=C\C/C=C\C/C=C\C/C=C\CCCCCC(=O)OCC(COP(=O)(O)OCC(O)COP(=O)(O)OCC(COC(=O)CCCCCCC/C=C\C/C=C\CCC)OC(=O)CCCCCCC/C=C\CCCCCC)OC(=O)CCCCCCC/C=C\CCCCCC. The van der Waals surface area contributed by atoms with Crippen molar-refractivity contribution in [1.29, 1.82) is 0 Å². The minimum atomic E-state index is -4.98. The van der Waals surface area contributed by atoms with E-state index in [0.29, 0.717) is 25.7 Å². The van der Waals surface area contributed by atoms with Gasteiger partial charge in [-0.15, -0.1) is 0 Å². The fourth-order valence-electron chi connectivity index (χ4n) is 9.86. The maximum Gasteiger partial charge on any atom is 0.472 e. The van der Waals surface area contributed by atoms with Crippen LogP contribution in [0.2, 0.25) is 0 Å². The number of hydrogen-bond acceptors (Lipinski definition) is 15. The Labute approximate surface area is 594 Å². The van der Waals surface area contributed by atoms with Crippen molar-refractivity contribution in [1.82, 2.24) is 0 Å². The molecule has 0 aliphatic heterocycles. The average molecular weight is 1420 g/mol. The van der Waals surface area contributed by atoms with Crippen LogP contribution in [0, 0.1) is 0 Å². The first-order valence-corrected chi connectivity index (χ1v) is 41.1. The first-order chi connectivity index (χ1) is 47.7. The van der Waals surface area contributed by atoms with Gasteiger partial charge in [-0.2, -0.15) is 0 Å². The molecule has 0 rings (SSSR count). The second-order valence-corrected chi connectivity index (χ2v) is 28.1. The second-order valence-electron chi connectivity index (χ2n) is 25.2. The Morgan fingerprint density at radius 3 is 0.878 bits per heavy atom. The minimum Gasteiger partial charge on any atom is -0.462 e. The molecule has 564 valence electrons. The van der Waals surface area contributed by atoms with Gasteiger partial charge >= 0.3 is 39.5 Å². The molecule has 19 heteroatoms. The summed E-state index contributed by atoms with van der Waals surface area (Å²) in [5, 5.41) is 10.6.